The lowest BCUT2D eigenvalue weighted by Crippen LogP contribution is -2.51. The highest BCUT2D eigenvalue weighted by atomic mass is 16.3. The normalized spacial score (nSPS) is 17.8. The van der Waals surface area contributed by atoms with E-state index in [-0.39, 0.29) is 23.9 Å². The van der Waals surface area contributed by atoms with Crippen molar-refractivity contribution in [2.24, 2.45) is 5.92 Å². The van der Waals surface area contributed by atoms with Gasteiger partial charge >= 0.3 is 0 Å². The summed E-state index contributed by atoms with van der Waals surface area (Å²) in [5.41, 5.74) is 2.26. The lowest BCUT2D eigenvalue weighted by molar-refractivity contribution is -0.142. The van der Waals surface area contributed by atoms with Crippen LogP contribution in [0.4, 0.5) is 0 Å². The zero-order valence-corrected chi connectivity index (χ0v) is 20.1. The summed E-state index contributed by atoms with van der Waals surface area (Å²) in [6, 6.07) is 18.1. The van der Waals surface area contributed by atoms with E-state index in [0.29, 0.717) is 37.0 Å². The van der Waals surface area contributed by atoms with E-state index in [0.717, 1.165) is 36.1 Å². The lowest BCUT2D eigenvalue weighted by Gasteiger charge is -2.40. The van der Waals surface area contributed by atoms with Crippen molar-refractivity contribution in [2.45, 2.75) is 44.2 Å². The van der Waals surface area contributed by atoms with Crippen molar-refractivity contribution in [3.63, 3.8) is 0 Å². The predicted molar refractivity (Wildman–Crippen MR) is 137 cm³/mol. The first-order chi connectivity index (χ1) is 17.5. The van der Waals surface area contributed by atoms with Crippen LogP contribution in [-0.4, -0.2) is 53.9 Å². The molecule has 1 saturated carbocycles. The first-order valence-corrected chi connectivity index (χ1v) is 12.6. The van der Waals surface area contributed by atoms with Crippen LogP contribution < -0.4 is 5.56 Å². The van der Waals surface area contributed by atoms with Gasteiger partial charge in [-0.1, -0.05) is 48.9 Å². The number of hydrogen-bond acceptors (Lipinski definition) is 5. The third kappa shape index (κ3) is 4.11. The van der Waals surface area contributed by atoms with E-state index in [1.54, 1.807) is 4.68 Å². The molecule has 2 aliphatic rings. The Labute approximate surface area is 208 Å². The Morgan fingerprint density at radius 1 is 1.00 bits per heavy atom. The van der Waals surface area contributed by atoms with Crippen molar-refractivity contribution in [1.82, 2.24) is 24.2 Å². The average molecular weight is 484 g/mol. The zero-order valence-electron chi connectivity index (χ0n) is 20.1. The number of carbonyl (C=O) groups is 1. The minimum absolute atomic E-state index is 0.150. The van der Waals surface area contributed by atoms with E-state index in [4.69, 9.17) is 0 Å². The molecule has 1 N–H and O–H groups in total. The molecule has 0 atom stereocenters. The summed E-state index contributed by atoms with van der Waals surface area (Å²) in [5, 5.41) is 16.0. The zero-order chi connectivity index (χ0) is 24.7. The van der Waals surface area contributed by atoms with Gasteiger partial charge in [0.15, 0.2) is 5.65 Å². The number of carbonyl (C=O) groups excluding carboxylic acids is 1. The van der Waals surface area contributed by atoms with Crippen LogP contribution in [0.25, 0.3) is 27.8 Å². The van der Waals surface area contributed by atoms with Crippen LogP contribution in [0.5, 0.6) is 0 Å². The second-order valence-electron chi connectivity index (χ2n) is 10.1. The predicted octanol–water partition coefficient (Wildman–Crippen LogP) is 3.40. The van der Waals surface area contributed by atoms with Gasteiger partial charge in [-0.2, -0.15) is 5.10 Å². The summed E-state index contributed by atoms with van der Waals surface area (Å²) in [5.74, 6) is 0.379. The third-order valence-electron chi connectivity index (χ3n) is 7.70. The summed E-state index contributed by atoms with van der Waals surface area (Å²) < 4.78 is 3.13. The Bertz CT molecular complexity index is 1450. The number of nitrogens with zero attached hydrogens (tertiary/aromatic N) is 5. The fraction of sp³-hybridized carbons (Fsp3) is 0.357. The van der Waals surface area contributed by atoms with E-state index < -0.39 is 5.60 Å². The van der Waals surface area contributed by atoms with Crippen LogP contribution in [0.2, 0.25) is 0 Å². The molecule has 1 aliphatic carbocycles. The summed E-state index contributed by atoms with van der Waals surface area (Å²) in [7, 11) is 0. The number of rotatable bonds is 5. The summed E-state index contributed by atoms with van der Waals surface area (Å²) in [6.45, 7) is 1.19. The highest BCUT2D eigenvalue weighted by molar-refractivity contribution is 5.79. The second-order valence-corrected chi connectivity index (χ2v) is 10.1. The molecule has 0 unspecified atom stereocenters. The maximum Gasteiger partial charge on any atom is 0.264 e. The molecule has 2 aromatic heterocycles. The molecule has 1 saturated heterocycles. The van der Waals surface area contributed by atoms with E-state index in [9.17, 15) is 14.7 Å². The molecule has 0 radical (unpaired) electrons. The molecule has 3 heterocycles. The Morgan fingerprint density at radius 3 is 2.36 bits per heavy atom. The van der Waals surface area contributed by atoms with Crippen LogP contribution in [0.3, 0.4) is 0 Å². The van der Waals surface area contributed by atoms with Gasteiger partial charge in [-0.25, -0.2) is 9.67 Å². The second kappa shape index (κ2) is 9.02. The number of benzene rings is 2. The Balaban J connectivity index is 1.19. The summed E-state index contributed by atoms with van der Waals surface area (Å²) in [6.07, 6.45) is 7.01. The van der Waals surface area contributed by atoms with Gasteiger partial charge in [-0.3, -0.25) is 14.2 Å². The standard InChI is InChI=1S/C28H29N5O3/c34-26(22-7-4-8-22)31-15-13-28(36,14-16-31)18-32-19-29-25-24(27(32)35)17-30-33(25)23-11-9-21(10-12-23)20-5-2-1-3-6-20/h1-3,5-6,9-12,17,19,22,36H,4,7-8,13-16,18H2. The number of piperidine rings is 1. The van der Waals surface area contributed by atoms with Crippen LogP contribution in [0.15, 0.2) is 71.9 Å². The molecule has 0 spiro atoms. The molecule has 2 aromatic carbocycles. The summed E-state index contributed by atoms with van der Waals surface area (Å²) >= 11 is 0. The largest absolute Gasteiger partial charge is 0.388 e. The quantitative estimate of drug-likeness (QED) is 0.470. The highest BCUT2D eigenvalue weighted by Crippen LogP contribution is 2.31. The first-order valence-electron chi connectivity index (χ1n) is 12.6. The van der Waals surface area contributed by atoms with Gasteiger partial charge in [0.2, 0.25) is 5.91 Å². The molecule has 1 amide bonds. The van der Waals surface area contributed by atoms with Crippen LogP contribution in [0.1, 0.15) is 32.1 Å². The number of likely N-dealkylation sites (tertiary alicyclic amines) is 1. The molecule has 8 nitrogen and oxygen atoms in total. The number of aliphatic hydroxyl groups is 1. The minimum Gasteiger partial charge on any atom is -0.388 e. The molecule has 6 rings (SSSR count). The van der Waals surface area contributed by atoms with Gasteiger partial charge < -0.3 is 10.0 Å². The maximum absolute atomic E-state index is 13.2. The molecule has 4 aromatic rings. The lowest BCUT2D eigenvalue weighted by atomic mass is 9.83. The van der Waals surface area contributed by atoms with Gasteiger partial charge in [0.1, 0.15) is 11.7 Å². The minimum atomic E-state index is -1.04. The van der Waals surface area contributed by atoms with Gasteiger partial charge in [-0.05, 0) is 48.9 Å². The third-order valence-corrected chi connectivity index (χ3v) is 7.70. The number of hydrogen-bond donors (Lipinski definition) is 1. The molecule has 0 bridgehead atoms. The Kier molecular flexibility index (Phi) is 5.68. The maximum atomic E-state index is 13.2. The smallest absolute Gasteiger partial charge is 0.264 e. The van der Waals surface area contributed by atoms with E-state index in [1.165, 1.54) is 17.1 Å². The van der Waals surface area contributed by atoms with Crippen LogP contribution >= 0.6 is 0 Å². The number of aromatic nitrogens is 4. The summed E-state index contributed by atoms with van der Waals surface area (Å²) in [4.78, 5) is 32.2. The molecule has 2 fully saturated rings. The molecule has 1 aliphatic heterocycles. The first kappa shape index (κ1) is 22.7. The topological polar surface area (TPSA) is 93.2 Å². The number of amides is 1. The average Bonchev–Trinajstić information content (AvgIpc) is 3.31. The van der Waals surface area contributed by atoms with E-state index in [2.05, 4.69) is 22.2 Å². The van der Waals surface area contributed by atoms with Crippen molar-refractivity contribution in [2.75, 3.05) is 13.1 Å². The molecular weight excluding hydrogens is 454 g/mol. The van der Waals surface area contributed by atoms with Crippen molar-refractivity contribution >= 4 is 16.9 Å². The number of fused-ring (bicyclic) bond motifs is 1. The Morgan fingerprint density at radius 2 is 1.69 bits per heavy atom. The SMILES string of the molecule is O=C(C1CCC1)N1CCC(O)(Cn2cnc3c(cnn3-c3ccc(-c4ccccc4)cc3)c2=O)CC1. The molecule has 8 heteroatoms. The van der Waals surface area contributed by atoms with E-state index >= 15 is 0 Å². The van der Waals surface area contributed by atoms with Gasteiger partial charge in [-0.15, -0.1) is 0 Å². The highest BCUT2D eigenvalue weighted by Gasteiger charge is 2.37. The van der Waals surface area contributed by atoms with Crippen LogP contribution in [-0.2, 0) is 11.3 Å². The molecule has 36 heavy (non-hydrogen) atoms. The van der Waals surface area contributed by atoms with Crippen molar-refractivity contribution in [3.05, 3.63) is 77.5 Å². The monoisotopic (exact) mass is 483 g/mol. The van der Waals surface area contributed by atoms with E-state index in [1.807, 2.05) is 47.4 Å². The van der Waals surface area contributed by atoms with Crippen molar-refractivity contribution in [1.29, 1.82) is 0 Å². The molecule has 184 valence electrons. The van der Waals surface area contributed by atoms with Gasteiger partial charge in [0.25, 0.3) is 5.56 Å². The molecular formula is C28H29N5O3. The fourth-order valence-corrected chi connectivity index (χ4v) is 5.21. The van der Waals surface area contributed by atoms with Gasteiger partial charge in [0, 0.05) is 19.0 Å². The van der Waals surface area contributed by atoms with Crippen molar-refractivity contribution < 1.29 is 9.90 Å². The Hall–Kier alpha value is -3.78. The van der Waals surface area contributed by atoms with Gasteiger partial charge in [0.05, 0.1) is 24.0 Å². The fourth-order valence-electron chi connectivity index (χ4n) is 5.21. The van der Waals surface area contributed by atoms with Crippen LogP contribution in [0, 0.1) is 5.92 Å². The van der Waals surface area contributed by atoms with Crippen molar-refractivity contribution in [3.8, 4) is 16.8 Å².